The van der Waals surface area contributed by atoms with Crippen molar-refractivity contribution in [3.8, 4) is 0 Å². The molecule has 0 aliphatic rings. The zero-order valence-electron chi connectivity index (χ0n) is 5.69. The third kappa shape index (κ3) is 1.61. The molecule has 0 saturated heterocycles. The van der Waals surface area contributed by atoms with Gasteiger partial charge in [0.15, 0.2) is 0 Å². The lowest BCUT2D eigenvalue weighted by Crippen LogP contribution is -1.98. The van der Waals surface area contributed by atoms with Gasteiger partial charge in [-0.1, -0.05) is 11.6 Å². The first kappa shape index (κ1) is 9.12. The molecule has 1 aromatic rings. The van der Waals surface area contributed by atoms with Gasteiger partial charge < -0.3 is 5.73 Å². The van der Waals surface area contributed by atoms with Crippen molar-refractivity contribution < 1.29 is 13.2 Å². The van der Waals surface area contributed by atoms with E-state index in [0.717, 1.165) is 6.07 Å². The highest BCUT2D eigenvalue weighted by molar-refractivity contribution is 6.33. The van der Waals surface area contributed by atoms with Crippen LogP contribution in [0.25, 0.3) is 0 Å². The summed E-state index contributed by atoms with van der Waals surface area (Å²) < 4.78 is 36.4. The topological polar surface area (TPSA) is 38.9 Å². The fourth-order valence-electron chi connectivity index (χ4n) is 0.648. The average Bonchev–Trinajstić information content (AvgIpc) is 1.99. The number of nitrogen functional groups attached to an aromatic ring is 1. The zero-order chi connectivity index (χ0) is 9.30. The second kappa shape index (κ2) is 3.18. The summed E-state index contributed by atoms with van der Waals surface area (Å²) in [5.41, 5.74) is 4.16. The summed E-state index contributed by atoms with van der Waals surface area (Å²) >= 11 is 5.25. The predicted molar refractivity (Wildman–Crippen MR) is 38.6 cm³/mol. The maximum atomic E-state index is 12.5. The Hall–Kier alpha value is -0.970. The zero-order valence-corrected chi connectivity index (χ0v) is 6.45. The molecule has 0 amide bonds. The maximum Gasteiger partial charge on any atom is 0.280 e. The Morgan fingerprint density at radius 3 is 2.50 bits per heavy atom. The lowest BCUT2D eigenvalue weighted by Gasteiger charge is -2.02. The number of alkyl halides is 2. The molecule has 12 heavy (non-hydrogen) atoms. The third-order valence-electron chi connectivity index (χ3n) is 1.19. The van der Waals surface area contributed by atoms with Crippen LogP contribution in [-0.2, 0) is 0 Å². The van der Waals surface area contributed by atoms with E-state index in [2.05, 4.69) is 4.98 Å². The molecule has 0 aromatic carbocycles. The van der Waals surface area contributed by atoms with E-state index in [9.17, 15) is 13.2 Å². The molecule has 0 atom stereocenters. The van der Waals surface area contributed by atoms with Crippen LogP contribution in [-0.4, -0.2) is 4.98 Å². The van der Waals surface area contributed by atoms with Gasteiger partial charge in [-0.25, -0.2) is 13.8 Å². The van der Waals surface area contributed by atoms with Crippen LogP contribution in [0, 0.1) is 5.95 Å². The minimum Gasteiger partial charge on any atom is -0.397 e. The molecule has 0 aliphatic carbocycles. The number of halogens is 4. The van der Waals surface area contributed by atoms with Crippen molar-refractivity contribution >= 4 is 17.3 Å². The Labute approximate surface area is 71.2 Å². The number of pyridine rings is 1. The van der Waals surface area contributed by atoms with E-state index < -0.39 is 23.1 Å². The van der Waals surface area contributed by atoms with Crippen LogP contribution < -0.4 is 5.73 Å². The molecule has 0 unspecified atom stereocenters. The van der Waals surface area contributed by atoms with Gasteiger partial charge in [-0.15, -0.1) is 0 Å². The van der Waals surface area contributed by atoms with Crippen molar-refractivity contribution in [3.63, 3.8) is 0 Å². The Kier molecular flexibility index (Phi) is 2.42. The SMILES string of the molecule is Nc1cc(C(F)F)nc(F)c1Cl. The molecule has 2 nitrogen and oxygen atoms in total. The largest absolute Gasteiger partial charge is 0.397 e. The molecule has 0 aliphatic heterocycles. The summed E-state index contributed by atoms with van der Waals surface area (Å²) in [6.45, 7) is 0. The van der Waals surface area contributed by atoms with Crippen LogP contribution in [0.2, 0.25) is 5.02 Å². The van der Waals surface area contributed by atoms with Crippen molar-refractivity contribution in [1.29, 1.82) is 0 Å². The first-order chi connectivity index (χ1) is 5.52. The van der Waals surface area contributed by atoms with Gasteiger partial charge >= 0.3 is 0 Å². The third-order valence-corrected chi connectivity index (χ3v) is 1.56. The molecule has 66 valence electrons. The fraction of sp³-hybridized carbons (Fsp3) is 0.167. The van der Waals surface area contributed by atoms with Gasteiger partial charge in [-0.05, 0) is 6.07 Å². The van der Waals surface area contributed by atoms with Crippen molar-refractivity contribution in [3.05, 3.63) is 22.7 Å². The van der Waals surface area contributed by atoms with E-state index >= 15 is 0 Å². The first-order valence-corrected chi connectivity index (χ1v) is 3.29. The Balaban J connectivity index is 3.21. The molecule has 0 saturated carbocycles. The Bertz CT molecular complexity index is 280. The van der Waals surface area contributed by atoms with E-state index in [4.69, 9.17) is 17.3 Å². The van der Waals surface area contributed by atoms with Crippen LogP contribution in [0.5, 0.6) is 0 Å². The highest BCUT2D eigenvalue weighted by Crippen LogP contribution is 2.25. The number of anilines is 1. The minimum atomic E-state index is -2.85. The molecule has 1 rings (SSSR count). The van der Waals surface area contributed by atoms with E-state index in [1.807, 2.05) is 0 Å². The molecule has 1 aromatic heterocycles. The van der Waals surface area contributed by atoms with E-state index in [-0.39, 0.29) is 5.69 Å². The molecule has 0 spiro atoms. The molecule has 2 N–H and O–H groups in total. The summed E-state index contributed by atoms with van der Waals surface area (Å²) in [6, 6.07) is 0.843. The number of rotatable bonds is 1. The van der Waals surface area contributed by atoms with Gasteiger partial charge in [0, 0.05) is 0 Å². The smallest absolute Gasteiger partial charge is 0.280 e. The Morgan fingerprint density at radius 2 is 2.08 bits per heavy atom. The number of hydrogen-bond acceptors (Lipinski definition) is 2. The highest BCUT2D eigenvalue weighted by Gasteiger charge is 2.14. The quantitative estimate of drug-likeness (QED) is 0.701. The van der Waals surface area contributed by atoms with Gasteiger partial charge in [0.2, 0.25) is 5.95 Å². The van der Waals surface area contributed by atoms with Gasteiger partial charge in [0.25, 0.3) is 6.43 Å². The van der Waals surface area contributed by atoms with E-state index in [1.54, 1.807) is 0 Å². The molecule has 1 heterocycles. The number of hydrogen-bond donors (Lipinski definition) is 1. The molecule has 0 fully saturated rings. The lowest BCUT2D eigenvalue weighted by atomic mass is 10.3. The second-order valence-corrected chi connectivity index (χ2v) is 2.42. The molecular weight excluding hydrogens is 193 g/mol. The standard InChI is InChI=1S/C6H4ClF3N2/c7-4-2(11)1-3(5(8)9)12-6(4)10/h1,5H,(H2,11,12). The summed E-state index contributed by atoms with van der Waals surface area (Å²) in [5.74, 6) is -1.17. The lowest BCUT2D eigenvalue weighted by molar-refractivity contribution is 0.145. The minimum absolute atomic E-state index is 0.237. The molecule has 0 radical (unpaired) electrons. The summed E-state index contributed by atoms with van der Waals surface area (Å²) in [5, 5.41) is -0.431. The Morgan fingerprint density at radius 1 is 1.50 bits per heavy atom. The predicted octanol–water partition coefficient (Wildman–Crippen LogP) is 2.39. The highest BCUT2D eigenvalue weighted by atomic mass is 35.5. The first-order valence-electron chi connectivity index (χ1n) is 2.92. The number of nitrogens with two attached hydrogens (primary N) is 1. The number of nitrogens with zero attached hydrogens (tertiary/aromatic N) is 1. The van der Waals surface area contributed by atoms with Crippen molar-refractivity contribution in [2.75, 3.05) is 5.73 Å². The average molecular weight is 197 g/mol. The van der Waals surface area contributed by atoms with E-state index in [1.165, 1.54) is 0 Å². The van der Waals surface area contributed by atoms with Gasteiger partial charge in [-0.3, -0.25) is 0 Å². The normalized spacial score (nSPS) is 10.8. The van der Waals surface area contributed by atoms with Crippen LogP contribution in [0.3, 0.4) is 0 Å². The van der Waals surface area contributed by atoms with Crippen LogP contribution in [0.4, 0.5) is 18.9 Å². The molecule has 0 bridgehead atoms. The number of aromatic nitrogens is 1. The second-order valence-electron chi connectivity index (χ2n) is 2.04. The monoisotopic (exact) mass is 196 g/mol. The van der Waals surface area contributed by atoms with Crippen LogP contribution >= 0.6 is 11.6 Å². The van der Waals surface area contributed by atoms with Gasteiger partial charge in [0.05, 0.1) is 5.69 Å². The van der Waals surface area contributed by atoms with Crippen LogP contribution in [0.1, 0.15) is 12.1 Å². The maximum absolute atomic E-state index is 12.5. The van der Waals surface area contributed by atoms with Crippen molar-refractivity contribution in [1.82, 2.24) is 4.98 Å². The fourth-order valence-corrected chi connectivity index (χ4v) is 0.745. The summed E-state index contributed by atoms with van der Waals surface area (Å²) in [7, 11) is 0. The molecular formula is C6H4ClF3N2. The van der Waals surface area contributed by atoms with Crippen molar-refractivity contribution in [2.45, 2.75) is 6.43 Å². The summed E-state index contributed by atoms with van der Waals surface area (Å²) in [4.78, 5) is 2.90. The molecule has 6 heteroatoms. The van der Waals surface area contributed by atoms with Crippen molar-refractivity contribution in [2.24, 2.45) is 0 Å². The van der Waals surface area contributed by atoms with Gasteiger partial charge in [0.1, 0.15) is 10.7 Å². The summed E-state index contributed by atoms with van der Waals surface area (Å²) in [6.07, 6.45) is -2.85. The van der Waals surface area contributed by atoms with Gasteiger partial charge in [-0.2, -0.15) is 4.39 Å². The van der Waals surface area contributed by atoms with Crippen LogP contribution in [0.15, 0.2) is 6.07 Å². The van der Waals surface area contributed by atoms with E-state index in [0.29, 0.717) is 0 Å².